The topological polar surface area (TPSA) is 0 Å². The molecule has 0 N–H and O–H groups in total. The highest BCUT2D eigenvalue weighted by atomic mass is 35.5. The summed E-state index contributed by atoms with van der Waals surface area (Å²) in [6, 6.07) is 0. The summed E-state index contributed by atoms with van der Waals surface area (Å²) in [5.41, 5.74) is 0. The van der Waals surface area contributed by atoms with Gasteiger partial charge >= 0.3 is 0 Å². The Bertz CT molecular complexity index is 129. The molecule has 0 rings (SSSR count). The van der Waals surface area contributed by atoms with Gasteiger partial charge < -0.3 is 0 Å². The molecule has 0 atom stereocenters. The SMILES string of the molecule is CCCCCCCCCCCC=C[CH]Cl. The molecule has 0 aliphatic heterocycles. The molecule has 0 saturated heterocycles. The third kappa shape index (κ3) is 14.0. The van der Waals surface area contributed by atoms with E-state index in [1.54, 1.807) is 5.88 Å². The zero-order chi connectivity index (χ0) is 11.2. The van der Waals surface area contributed by atoms with Crippen molar-refractivity contribution in [2.24, 2.45) is 0 Å². The van der Waals surface area contributed by atoms with E-state index in [-0.39, 0.29) is 0 Å². The molecule has 0 nitrogen and oxygen atoms in total. The first kappa shape index (κ1) is 15.0. The van der Waals surface area contributed by atoms with Crippen molar-refractivity contribution < 1.29 is 0 Å². The summed E-state index contributed by atoms with van der Waals surface area (Å²) in [5.74, 6) is 1.58. The van der Waals surface area contributed by atoms with Gasteiger partial charge in [0.1, 0.15) is 0 Å². The minimum absolute atomic E-state index is 1.18. The first-order valence-corrected chi connectivity index (χ1v) is 6.94. The van der Waals surface area contributed by atoms with E-state index in [0.29, 0.717) is 0 Å². The zero-order valence-corrected chi connectivity index (χ0v) is 10.9. The van der Waals surface area contributed by atoms with Gasteiger partial charge in [-0.1, -0.05) is 70.4 Å². The lowest BCUT2D eigenvalue weighted by Gasteiger charge is -2.00. The molecule has 0 aromatic carbocycles. The number of allylic oxidation sites excluding steroid dienone is 2. The summed E-state index contributed by atoms with van der Waals surface area (Å²) in [6.07, 6.45) is 17.9. The maximum Gasteiger partial charge on any atom is 0.0715 e. The zero-order valence-electron chi connectivity index (χ0n) is 10.2. The van der Waals surface area contributed by atoms with E-state index in [4.69, 9.17) is 11.6 Å². The molecule has 0 saturated carbocycles. The molecular formula is C14H26Cl. The van der Waals surface area contributed by atoms with Crippen LogP contribution in [0.4, 0.5) is 0 Å². The van der Waals surface area contributed by atoms with Crippen LogP contribution >= 0.6 is 11.6 Å². The Labute approximate surface area is 101 Å². The first-order valence-electron chi connectivity index (χ1n) is 6.50. The number of hydrogen-bond donors (Lipinski definition) is 0. The summed E-state index contributed by atoms with van der Waals surface area (Å²) in [7, 11) is 0. The van der Waals surface area contributed by atoms with Crippen molar-refractivity contribution in [2.75, 3.05) is 0 Å². The maximum absolute atomic E-state index is 5.41. The molecule has 0 heterocycles. The number of halogens is 1. The average Bonchev–Trinajstić information content (AvgIpc) is 2.26. The molecular weight excluding hydrogens is 204 g/mol. The molecule has 0 aliphatic rings. The normalized spacial score (nSPS) is 11.3. The molecule has 0 aromatic heterocycles. The standard InChI is InChI=1S/C14H26Cl/c1-2-3-4-5-6-7-8-9-10-11-12-13-14-15/h12-14H,2-11H2,1H3. The van der Waals surface area contributed by atoms with Crippen LogP contribution in [0, 0.1) is 5.88 Å². The van der Waals surface area contributed by atoms with Crippen LogP contribution in [-0.2, 0) is 0 Å². The second-order valence-corrected chi connectivity index (χ2v) is 4.42. The van der Waals surface area contributed by atoms with Gasteiger partial charge in [-0.3, -0.25) is 0 Å². The quantitative estimate of drug-likeness (QED) is 0.389. The third-order valence-corrected chi connectivity index (χ3v) is 2.83. The Morgan fingerprint density at radius 3 is 1.87 bits per heavy atom. The fourth-order valence-electron chi connectivity index (χ4n) is 1.72. The van der Waals surface area contributed by atoms with Crippen molar-refractivity contribution in [2.45, 2.75) is 71.1 Å². The van der Waals surface area contributed by atoms with Gasteiger partial charge in [0.05, 0.1) is 5.88 Å². The van der Waals surface area contributed by atoms with Gasteiger partial charge in [-0.25, -0.2) is 0 Å². The highest BCUT2D eigenvalue weighted by Crippen LogP contribution is 2.10. The van der Waals surface area contributed by atoms with E-state index in [0.717, 1.165) is 0 Å². The van der Waals surface area contributed by atoms with Crippen molar-refractivity contribution in [1.82, 2.24) is 0 Å². The minimum atomic E-state index is 1.18. The Kier molecular flexibility index (Phi) is 14.1. The van der Waals surface area contributed by atoms with E-state index in [2.05, 4.69) is 13.0 Å². The van der Waals surface area contributed by atoms with Crippen LogP contribution in [-0.4, -0.2) is 0 Å². The smallest absolute Gasteiger partial charge is 0.0715 e. The predicted molar refractivity (Wildman–Crippen MR) is 71.1 cm³/mol. The Morgan fingerprint density at radius 1 is 0.800 bits per heavy atom. The average molecular weight is 230 g/mol. The van der Waals surface area contributed by atoms with Crippen LogP contribution in [0.3, 0.4) is 0 Å². The van der Waals surface area contributed by atoms with E-state index in [1.165, 1.54) is 64.2 Å². The Hall–Kier alpha value is 0.0300. The lowest BCUT2D eigenvalue weighted by molar-refractivity contribution is 0.566. The Balaban J connectivity index is 2.89. The van der Waals surface area contributed by atoms with E-state index < -0.39 is 0 Å². The molecule has 1 heteroatoms. The van der Waals surface area contributed by atoms with Crippen molar-refractivity contribution in [3.63, 3.8) is 0 Å². The third-order valence-electron chi connectivity index (χ3n) is 2.68. The highest BCUT2D eigenvalue weighted by molar-refractivity contribution is 6.24. The van der Waals surface area contributed by atoms with E-state index in [1.807, 2.05) is 6.08 Å². The maximum atomic E-state index is 5.41. The summed E-state index contributed by atoms with van der Waals surface area (Å²) in [5, 5.41) is 0. The lowest BCUT2D eigenvalue weighted by atomic mass is 10.1. The fourth-order valence-corrected chi connectivity index (χ4v) is 1.82. The monoisotopic (exact) mass is 229 g/mol. The van der Waals surface area contributed by atoms with Gasteiger partial charge in [0.25, 0.3) is 0 Å². The molecule has 1 radical (unpaired) electrons. The van der Waals surface area contributed by atoms with Crippen molar-refractivity contribution in [3.05, 3.63) is 18.0 Å². The van der Waals surface area contributed by atoms with Gasteiger partial charge in [0.2, 0.25) is 0 Å². The van der Waals surface area contributed by atoms with Gasteiger partial charge in [-0.2, -0.15) is 0 Å². The van der Waals surface area contributed by atoms with E-state index >= 15 is 0 Å². The van der Waals surface area contributed by atoms with Gasteiger partial charge in [0.15, 0.2) is 0 Å². The van der Waals surface area contributed by atoms with Crippen molar-refractivity contribution in [1.29, 1.82) is 0 Å². The molecule has 0 bridgehead atoms. The summed E-state index contributed by atoms with van der Waals surface area (Å²) < 4.78 is 0. The molecule has 0 aromatic rings. The van der Waals surface area contributed by atoms with Crippen LogP contribution < -0.4 is 0 Å². The molecule has 0 unspecified atom stereocenters. The molecule has 15 heavy (non-hydrogen) atoms. The fraction of sp³-hybridized carbons (Fsp3) is 0.786. The molecule has 0 spiro atoms. The van der Waals surface area contributed by atoms with Crippen LogP contribution in [0.15, 0.2) is 12.2 Å². The summed E-state index contributed by atoms with van der Waals surface area (Å²) in [4.78, 5) is 0. The number of rotatable bonds is 11. The number of unbranched alkanes of at least 4 members (excludes halogenated alkanes) is 9. The molecule has 0 aliphatic carbocycles. The van der Waals surface area contributed by atoms with Crippen molar-refractivity contribution >= 4 is 11.6 Å². The largest absolute Gasteiger partial charge is 0.117 e. The van der Waals surface area contributed by atoms with Crippen molar-refractivity contribution in [3.8, 4) is 0 Å². The number of hydrogen-bond acceptors (Lipinski definition) is 0. The molecule has 0 fully saturated rings. The highest BCUT2D eigenvalue weighted by Gasteiger charge is 1.90. The Morgan fingerprint density at radius 2 is 1.33 bits per heavy atom. The lowest BCUT2D eigenvalue weighted by Crippen LogP contribution is -1.80. The van der Waals surface area contributed by atoms with Gasteiger partial charge in [0, 0.05) is 0 Å². The van der Waals surface area contributed by atoms with Crippen LogP contribution in [0.25, 0.3) is 0 Å². The van der Waals surface area contributed by atoms with Crippen LogP contribution in [0.2, 0.25) is 0 Å². The predicted octanol–water partition coefficient (Wildman–Crippen LogP) is 5.86. The van der Waals surface area contributed by atoms with Gasteiger partial charge in [-0.15, -0.1) is 11.6 Å². The molecule has 89 valence electrons. The summed E-state index contributed by atoms with van der Waals surface area (Å²) in [6.45, 7) is 2.27. The van der Waals surface area contributed by atoms with E-state index in [9.17, 15) is 0 Å². The summed E-state index contributed by atoms with van der Waals surface area (Å²) >= 11 is 5.41. The van der Waals surface area contributed by atoms with Crippen LogP contribution in [0.5, 0.6) is 0 Å². The molecule has 0 amide bonds. The minimum Gasteiger partial charge on any atom is -0.117 e. The second kappa shape index (κ2) is 14.0. The first-order chi connectivity index (χ1) is 7.41. The van der Waals surface area contributed by atoms with Crippen LogP contribution in [0.1, 0.15) is 71.1 Å². The van der Waals surface area contributed by atoms with Gasteiger partial charge in [-0.05, 0) is 12.8 Å². The second-order valence-electron chi connectivity index (χ2n) is 4.17.